The Balaban J connectivity index is 2.51. The molecule has 1 aromatic rings. The van der Waals surface area contributed by atoms with Crippen molar-refractivity contribution in [2.24, 2.45) is 0 Å². The first-order valence-corrected chi connectivity index (χ1v) is 4.13. The van der Waals surface area contributed by atoms with Gasteiger partial charge in [0.15, 0.2) is 5.82 Å². The van der Waals surface area contributed by atoms with E-state index in [2.05, 4.69) is 10.1 Å². The first-order chi connectivity index (χ1) is 6.54. The topological polar surface area (TPSA) is 61.8 Å². The number of aryl methyl sites for hydroxylation is 1. The molecule has 0 spiro atoms. The van der Waals surface area contributed by atoms with Crippen molar-refractivity contribution in [3.05, 3.63) is 11.6 Å². The standard InChI is InChI=1S/C7H10F3N3O/c8-7(9,10)6-11-5(12-13-6)3-1-2-4-14/h14H,1-4H2,(H,11,12,13). The monoisotopic (exact) mass is 209 g/mol. The minimum atomic E-state index is -4.47. The van der Waals surface area contributed by atoms with Gasteiger partial charge in [0.05, 0.1) is 0 Å². The lowest BCUT2D eigenvalue weighted by atomic mass is 10.2. The molecule has 0 aliphatic carbocycles. The molecule has 1 heterocycles. The molecule has 0 aromatic carbocycles. The van der Waals surface area contributed by atoms with Crippen LogP contribution in [0.3, 0.4) is 0 Å². The number of aliphatic hydroxyl groups excluding tert-OH is 1. The van der Waals surface area contributed by atoms with Crippen LogP contribution < -0.4 is 0 Å². The highest BCUT2D eigenvalue weighted by Crippen LogP contribution is 2.25. The summed E-state index contributed by atoms with van der Waals surface area (Å²) < 4.78 is 36.0. The van der Waals surface area contributed by atoms with Crippen molar-refractivity contribution in [2.45, 2.75) is 25.4 Å². The molecule has 0 radical (unpaired) electrons. The van der Waals surface area contributed by atoms with E-state index in [-0.39, 0.29) is 12.4 Å². The summed E-state index contributed by atoms with van der Waals surface area (Å²) in [5, 5.41) is 13.7. The van der Waals surface area contributed by atoms with E-state index in [1.165, 1.54) is 0 Å². The first kappa shape index (κ1) is 11.0. The Morgan fingerprint density at radius 3 is 2.50 bits per heavy atom. The molecule has 0 fully saturated rings. The zero-order chi connectivity index (χ0) is 10.6. The lowest BCUT2D eigenvalue weighted by Gasteiger charge is -1.98. The van der Waals surface area contributed by atoms with Gasteiger partial charge in [-0.05, 0) is 12.8 Å². The van der Waals surface area contributed by atoms with Crippen molar-refractivity contribution < 1.29 is 18.3 Å². The van der Waals surface area contributed by atoms with E-state index in [0.717, 1.165) is 0 Å². The van der Waals surface area contributed by atoms with Gasteiger partial charge >= 0.3 is 6.18 Å². The molecule has 0 atom stereocenters. The molecule has 14 heavy (non-hydrogen) atoms. The Morgan fingerprint density at radius 2 is 2.00 bits per heavy atom. The molecule has 0 unspecified atom stereocenters. The molecular weight excluding hydrogens is 199 g/mol. The van der Waals surface area contributed by atoms with Gasteiger partial charge in [-0.25, -0.2) is 4.98 Å². The van der Waals surface area contributed by atoms with Gasteiger partial charge < -0.3 is 5.11 Å². The second kappa shape index (κ2) is 4.41. The third-order valence-corrected chi connectivity index (χ3v) is 1.61. The van der Waals surface area contributed by atoms with Gasteiger partial charge in [-0.3, -0.25) is 5.10 Å². The van der Waals surface area contributed by atoms with Crippen LogP contribution >= 0.6 is 0 Å². The summed E-state index contributed by atoms with van der Waals surface area (Å²) >= 11 is 0. The number of hydrogen-bond acceptors (Lipinski definition) is 3. The van der Waals surface area contributed by atoms with Crippen molar-refractivity contribution in [2.75, 3.05) is 6.61 Å². The van der Waals surface area contributed by atoms with E-state index in [1.54, 1.807) is 0 Å². The zero-order valence-electron chi connectivity index (χ0n) is 7.30. The predicted octanol–water partition coefficient (Wildman–Crippen LogP) is 1.14. The number of aromatic nitrogens is 3. The van der Waals surface area contributed by atoms with Crippen molar-refractivity contribution in [1.82, 2.24) is 15.2 Å². The Kier molecular flexibility index (Phi) is 3.45. The second-order valence-corrected chi connectivity index (χ2v) is 2.78. The molecule has 80 valence electrons. The number of alkyl halides is 3. The van der Waals surface area contributed by atoms with E-state index in [0.29, 0.717) is 19.3 Å². The van der Waals surface area contributed by atoms with Crippen LogP contribution in [0.4, 0.5) is 13.2 Å². The highest BCUT2D eigenvalue weighted by molar-refractivity contribution is 4.94. The van der Waals surface area contributed by atoms with Crippen molar-refractivity contribution in [1.29, 1.82) is 0 Å². The molecule has 0 aliphatic rings. The van der Waals surface area contributed by atoms with E-state index in [1.807, 2.05) is 5.10 Å². The molecule has 7 heteroatoms. The molecule has 0 aliphatic heterocycles. The lowest BCUT2D eigenvalue weighted by Crippen LogP contribution is -2.07. The van der Waals surface area contributed by atoms with Crippen LogP contribution in [0.2, 0.25) is 0 Å². The number of hydrogen-bond donors (Lipinski definition) is 2. The summed E-state index contributed by atoms with van der Waals surface area (Å²) in [7, 11) is 0. The summed E-state index contributed by atoms with van der Waals surface area (Å²) in [6, 6.07) is 0. The molecule has 0 saturated carbocycles. The quantitative estimate of drug-likeness (QED) is 0.731. The van der Waals surface area contributed by atoms with Crippen molar-refractivity contribution in [3.63, 3.8) is 0 Å². The van der Waals surface area contributed by atoms with Crippen LogP contribution in [-0.4, -0.2) is 26.9 Å². The predicted molar refractivity (Wildman–Crippen MR) is 41.4 cm³/mol. The van der Waals surface area contributed by atoms with E-state index in [4.69, 9.17) is 5.11 Å². The SMILES string of the molecule is OCCCCc1n[nH]c(C(F)(F)F)n1. The fraction of sp³-hybridized carbons (Fsp3) is 0.714. The third-order valence-electron chi connectivity index (χ3n) is 1.61. The van der Waals surface area contributed by atoms with Crippen LogP contribution in [-0.2, 0) is 12.6 Å². The second-order valence-electron chi connectivity index (χ2n) is 2.78. The molecule has 0 bridgehead atoms. The first-order valence-electron chi connectivity index (χ1n) is 4.13. The minimum Gasteiger partial charge on any atom is -0.396 e. The maximum atomic E-state index is 12.0. The van der Waals surface area contributed by atoms with E-state index in [9.17, 15) is 13.2 Å². The average molecular weight is 209 g/mol. The maximum absolute atomic E-state index is 12.0. The number of rotatable bonds is 4. The van der Waals surface area contributed by atoms with E-state index < -0.39 is 12.0 Å². The van der Waals surface area contributed by atoms with Crippen LogP contribution in [0.15, 0.2) is 0 Å². The number of aromatic amines is 1. The molecule has 0 amide bonds. The normalized spacial score (nSPS) is 12.0. The molecular formula is C7H10F3N3O. The number of halogens is 3. The molecule has 2 N–H and O–H groups in total. The van der Waals surface area contributed by atoms with Gasteiger partial charge in [0, 0.05) is 13.0 Å². The summed E-state index contributed by atoms with van der Waals surface area (Å²) in [5.41, 5.74) is 0. The van der Waals surface area contributed by atoms with Crippen molar-refractivity contribution >= 4 is 0 Å². The molecule has 1 aromatic heterocycles. The maximum Gasteiger partial charge on any atom is 0.451 e. The van der Waals surface area contributed by atoms with Crippen LogP contribution in [0, 0.1) is 0 Å². The third kappa shape index (κ3) is 2.99. The van der Waals surface area contributed by atoms with Gasteiger partial charge in [0.1, 0.15) is 0 Å². The zero-order valence-corrected chi connectivity index (χ0v) is 7.30. The molecule has 0 saturated heterocycles. The smallest absolute Gasteiger partial charge is 0.396 e. The van der Waals surface area contributed by atoms with Gasteiger partial charge in [-0.1, -0.05) is 0 Å². The van der Waals surface area contributed by atoms with Gasteiger partial charge in [0.2, 0.25) is 5.82 Å². The number of nitrogens with zero attached hydrogens (tertiary/aromatic N) is 2. The minimum absolute atomic E-state index is 0.0244. The Labute approximate surface area is 78.2 Å². The Bertz CT molecular complexity index is 284. The fourth-order valence-electron chi connectivity index (χ4n) is 0.930. The number of unbranched alkanes of at least 4 members (excludes halogenated alkanes) is 1. The number of nitrogens with one attached hydrogen (secondary N) is 1. The van der Waals surface area contributed by atoms with Gasteiger partial charge in [-0.2, -0.15) is 18.3 Å². The summed E-state index contributed by atoms with van der Waals surface area (Å²) in [5.74, 6) is -0.942. The molecule has 1 rings (SSSR count). The number of aliphatic hydroxyl groups is 1. The van der Waals surface area contributed by atoms with Gasteiger partial charge in [-0.15, -0.1) is 0 Å². The van der Waals surface area contributed by atoms with Crippen LogP contribution in [0.1, 0.15) is 24.5 Å². The number of H-pyrrole nitrogens is 1. The lowest BCUT2D eigenvalue weighted by molar-refractivity contribution is -0.144. The van der Waals surface area contributed by atoms with Gasteiger partial charge in [0.25, 0.3) is 0 Å². The fourth-order valence-corrected chi connectivity index (χ4v) is 0.930. The average Bonchev–Trinajstić information content (AvgIpc) is 2.52. The van der Waals surface area contributed by atoms with Crippen molar-refractivity contribution in [3.8, 4) is 0 Å². The van der Waals surface area contributed by atoms with Crippen LogP contribution in [0.25, 0.3) is 0 Å². The summed E-state index contributed by atoms with van der Waals surface area (Å²) in [4.78, 5) is 3.28. The highest BCUT2D eigenvalue weighted by atomic mass is 19.4. The molecule has 4 nitrogen and oxygen atoms in total. The van der Waals surface area contributed by atoms with Crippen LogP contribution in [0.5, 0.6) is 0 Å². The highest BCUT2D eigenvalue weighted by Gasteiger charge is 2.35. The Hall–Kier alpha value is -1.11. The summed E-state index contributed by atoms with van der Waals surface area (Å²) in [6.07, 6.45) is -3.02. The Morgan fingerprint density at radius 1 is 1.29 bits per heavy atom. The van der Waals surface area contributed by atoms with E-state index >= 15 is 0 Å². The summed E-state index contributed by atoms with van der Waals surface area (Å²) in [6.45, 7) is 0.0244. The largest absolute Gasteiger partial charge is 0.451 e.